The number of nitrogens with two attached hydrogens (primary N) is 1. The summed E-state index contributed by atoms with van der Waals surface area (Å²) in [6, 6.07) is -0.514. The van der Waals surface area contributed by atoms with E-state index < -0.39 is 11.6 Å². The molecule has 2 fully saturated rings. The van der Waals surface area contributed by atoms with Gasteiger partial charge in [-0.3, -0.25) is 9.59 Å². The van der Waals surface area contributed by atoms with E-state index in [9.17, 15) is 9.59 Å². The zero-order chi connectivity index (χ0) is 14.8. The van der Waals surface area contributed by atoms with Gasteiger partial charge in [-0.15, -0.1) is 0 Å². The summed E-state index contributed by atoms with van der Waals surface area (Å²) in [5.74, 6) is -0.253. The standard InChI is InChI=1S/C14H25N3O3/c1-10(2)16-12(18)11-9-20-8-7-17(11)13(19)14(15)5-3-4-6-14/h10-11H,3-9,15H2,1-2H3,(H,16,18). The summed E-state index contributed by atoms with van der Waals surface area (Å²) >= 11 is 0. The fourth-order valence-electron chi connectivity index (χ4n) is 2.95. The van der Waals surface area contributed by atoms with Crippen molar-refractivity contribution in [1.29, 1.82) is 0 Å². The summed E-state index contributed by atoms with van der Waals surface area (Å²) in [4.78, 5) is 26.5. The van der Waals surface area contributed by atoms with Gasteiger partial charge >= 0.3 is 0 Å². The molecule has 1 atom stereocenters. The smallest absolute Gasteiger partial charge is 0.245 e. The molecule has 0 bridgehead atoms. The third-order valence-corrected chi connectivity index (χ3v) is 4.04. The molecule has 1 unspecified atom stereocenters. The van der Waals surface area contributed by atoms with Crippen LogP contribution in [0.4, 0.5) is 0 Å². The van der Waals surface area contributed by atoms with Crippen LogP contribution < -0.4 is 11.1 Å². The van der Waals surface area contributed by atoms with Gasteiger partial charge in [-0.2, -0.15) is 0 Å². The Morgan fingerprint density at radius 2 is 2.00 bits per heavy atom. The molecule has 3 N–H and O–H groups in total. The Kier molecular flexibility index (Phi) is 4.65. The SMILES string of the molecule is CC(C)NC(=O)C1COCCN1C(=O)C1(N)CCCC1. The number of hydrogen-bond acceptors (Lipinski definition) is 4. The molecular weight excluding hydrogens is 258 g/mol. The zero-order valence-corrected chi connectivity index (χ0v) is 12.4. The molecule has 0 radical (unpaired) electrons. The molecular formula is C14H25N3O3. The summed E-state index contributed by atoms with van der Waals surface area (Å²) in [6.45, 7) is 4.95. The summed E-state index contributed by atoms with van der Waals surface area (Å²) < 4.78 is 5.37. The number of carbonyl (C=O) groups excluding carboxylic acids is 2. The molecule has 114 valence electrons. The molecule has 6 heteroatoms. The number of nitrogens with zero attached hydrogens (tertiary/aromatic N) is 1. The molecule has 2 rings (SSSR count). The van der Waals surface area contributed by atoms with Gasteiger partial charge in [0.15, 0.2) is 0 Å². The summed E-state index contributed by atoms with van der Waals surface area (Å²) in [5.41, 5.74) is 5.45. The predicted molar refractivity (Wildman–Crippen MR) is 75.0 cm³/mol. The molecule has 0 spiro atoms. The highest BCUT2D eigenvalue weighted by molar-refractivity contribution is 5.92. The highest BCUT2D eigenvalue weighted by Gasteiger charge is 2.44. The molecule has 1 aliphatic carbocycles. The van der Waals surface area contributed by atoms with Crippen molar-refractivity contribution in [3.63, 3.8) is 0 Å². The highest BCUT2D eigenvalue weighted by Crippen LogP contribution is 2.30. The number of ether oxygens (including phenoxy) is 1. The van der Waals surface area contributed by atoms with Crippen LogP contribution in [0.3, 0.4) is 0 Å². The van der Waals surface area contributed by atoms with Crippen LogP contribution in [-0.4, -0.2) is 54.1 Å². The lowest BCUT2D eigenvalue weighted by Gasteiger charge is -2.39. The van der Waals surface area contributed by atoms with E-state index in [1.807, 2.05) is 13.8 Å². The van der Waals surface area contributed by atoms with Crippen LogP contribution in [-0.2, 0) is 14.3 Å². The lowest BCUT2D eigenvalue weighted by molar-refractivity contribution is -0.152. The van der Waals surface area contributed by atoms with Gasteiger partial charge in [0.05, 0.1) is 18.8 Å². The van der Waals surface area contributed by atoms with Crippen LogP contribution in [0, 0.1) is 0 Å². The Balaban J connectivity index is 2.10. The van der Waals surface area contributed by atoms with Gasteiger partial charge in [0.1, 0.15) is 6.04 Å². The van der Waals surface area contributed by atoms with Crippen LogP contribution in [0.1, 0.15) is 39.5 Å². The zero-order valence-electron chi connectivity index (χ0n) is 12.4. The third kappa shape index (κ3) is 3.12. The van der Waals surface area contributed by atoms with Crippen molar-refractivity contribution in [1.82, 2.24) is 10.2 Å². The van der Waals surface area contributed by atoms with Crippen molar-refractivity contribution in [3.05, 3.63) is 0 Å². The quantitative estimate of drug-likeness (QED) is 0.764. The van der Waals surface area contributed by atoms with Crippen LogP contribution in [0.2, 0.25) is 0 Å². The maximum Gasteiger partial charge on any atom is 0.245 e. The number of hydrogen-bond donors (Lipinski definition) is 2. The Bertz CT molecular complexity index is 378. The first-order valence-electron chi connectivity index (χ1n) is 7.42. The first-order valence-corrected chi connectivity index (χ1v) is 7.42. The number of amides is 2. The van der Waals surface area contributed by atoms with Gasteiger partial charge in [-0.1, -0.05) is 12.8 Å². The Labute approximate surface area is 120 Å². The highest BCUT2D eigenvalue weighted by atomic mass is 16.5. The largest absolute Gasteiger partial charge is 0.377 e. The number of rotatable bonds is 3. The molecule has 1 heterocycles. The molecule has 1 saturated carbocycles. The first kappa shape index (κ1) is 15.3. The average molecular weight is 283 g/mol. The van der Waals surface area contributed by atoms with Crippen molar-refractivity contribution >= 4 is 11.8 Å². The molecule has 0 aromatic carbocycles. The van der Waals surface area contributed by atoms with Gasteiger partial charge in [0, 0.05) is 12.6 Å². The summed E-state index contributed by atoms with van der Waals surface area (Å²) in [7, 11) is 0. The van der Waals surface area contributed by atoms with E-state index in [0.29, 0.717) is 26.0 Å². The van der Waals surface area contributed by atoms with Gasteiger partial charge < -0.3 is 20.7 Å². The number of nitrogens with one attached hydrogen (secondary N) is 1. The van der Waals surface area contributed by atoms with Gasteiger partial charge in [-0.25, -0.2) is 0 Å². The van der Waals surface area contributed by atoms with Crippen molar-refractivity contribution in [2.75, 3.05) is 19.8 Å². The van der Waals surface area contributed by atoms with Crippen molar-refractivity contribution in [3.8, 4) is 0 Å². The van der Waals surface area contributed by atoms with Crippen LogP contribution in [0.5, 0.6) is 0 Å². The van der Waals surface area contributed by atoms with Crippen molar-refractivity contribution < 1.29 is 14.3 Å². The van der Waals surface area contributed by atoms with E-state index in [1.54, 1.807) is 4.90 Å². The number of morpholine rings is 1. The Morgan fingerprint density at radius 3 is 2.60 bits per heavy atom. The minimum atomic E-state index is -0.784. The summed E-state index contributed by atoms with van der Waals surface area (Å²) in [6.07, 6.45) is 3.38. The molecule has 0 aromatic heterocycles. The molecule has 2 aliphatic rings. The third-order valence-electron chi connectivity index (χ3n) is 4.04. The van der Waals surface area contributed by atoms with E-state index >= 15 is 0 Å². The maximum absolute atomic E-state index is 12.7. The lowest BCUT2D eigenvalue weighted by atomic mass is 9.96. The van der Waals surface area contributed by atoms with E-state index in [0.717, 1.165) is 12.8 Å². The van der Waals surface area contributed by atoms with Crippen LogP contribution in [0.25, 0.3) is 0 Å². The lowest BCUT2D eigenvalue weighted by Crippen LogP contribution is -2.63. The fourth-order valence-corrected chi connectivity index (χ4v) is 2.95. The topological polar surface area (TPSA) is 84.7 Å². The second-order valence-corrected chi connectivity index (χ2v) is 6.12. The van der Waals surface area contributed by atoms with Crippen LogP contribution >= 0.6 is 0 Å². The molecule has 2 amide bonds. The normalized spacial score (nSPS) is 25.8. The second kappa shape index (κ2) is 6.10. The average Bonchev–Trinajstić information content (AvgIpc) is 2.85. The Hall–Kier alpha value is -1.14. The minimum Gasteiger partial charge on any atom is -0.377 e. The molecule has 6 nitrogen and oxygen atoms in total. The van der Waals surface area contributed by atoms with Gasteiger partial charge in [-0.05, 0) is 26.7 Å². The molecule has 20 heavy (non-hydrogen) atoms. The van der Waals surface area contributed by atoms with Gasteiger partial charge in [0.2, 0.25) is 11.8 Å². The van der Waals surface area contributed by atoms with E-state index in [-0.39, 0.29) is 24.5 Å². The van der Waals surface area contributed by atoms with E-state index in [2.05, 4.69) is 5.32 Å². The maximum atomic E-state index is 12.7. The Morgan fingerprint density at radius 1 is 1.35 bits per heavy atom. The van der Waals surface area contributed by atoms with E-state index in [4.69, 9.17) is 10.5 Å². The monoisotopic (exact) mass is 283 g/mol. The van der Waals surface area contributed by atoms with Gasteiger partial charge in [0.25, 0.3) is 0 Å². The molecule has 1 aliphatic heterocycles. The fraction of sp³-hybridized carbons (Fsp3) is 0.857. The van der Waals surface area contributed by atoms with Crippen molar-refractivity contribution in [2.45, 2.75) is 57.2 Å². The molecule has 1 saturated heterocycles. The molecule has 0 aromatic rings. The second-order valence-electron chi connectivity index (χ2n) is 6.12. The number of carbonyl (C=O) groups is 2. The van der Waals surface area contributed by atoms with Crippen molar-refractivity contribution in [2.24, 2.45) is 5.73 Å². The predicted octanol–water partition coefficient (Wildman–Crippen LogP) is 0.00990. The minimum absolute atomic E-state index is 0.0414. The summed E-state index contributed by atoms with van der Waals surface area (Å²) in [5, 5.41) is 2.85. The van der Waals surface area contributed by atoms with Crippen LogP contribution in [0.15, 0.2) is 0 Å². The van der Waals surface area contributed by atoms with E-state index in [1.165, 1.54) is 0 Å². The first-order chi connectivity index (χ1) is 9.44.